The molecule has 0 heterocycles. The summed E-state index contributed by atoms with van der Waals surface area (Å²) in [6.07, 6.45) is 0.960. The summed E-state index contributed by atoms with van der Waals surface area (Å²) >= 11 is 3.42. The van der Waals surface area contributed by atoms with Crippen molar-refractivity contribution < 1.29 is 4.79 Å². The summed E-state index contributed by atoms with van der Waals surface area (Å²) in [5, 5.41) is 3.39. The highest BCUT2D eigenvalue weighted by Crippen LogP contribution is 2.16. The molecule has 106 valence electrons. The van der Waals surface area contributed by atoms with E-state index in [1.807, 2.05) is 18.2 Å². The Morgan fingerprint density at radius 1 is 1.37 bits per heavy atom. The number of nitrogens with two attached hydrogens (primary N) is 1. The van der Waals surface area contributed by atoms with E-state index in [9.17, 15) is 4.79 Å². The fraction of sp³-hybridized carbons (Fsp3) is 0.500. The molecular formula is C14H22N2OS2. The second-order valence-corrected chi connectivity index (χ2v) is 6.81. The molecule has 1 aromatic rings. The number of thioether (sulfide) groups is 2. The van der Waals surface area contributed by atoms with E-state index in [1.54, 1.807) is 23.5 Å². The van der Waals surface area contributed by atoms with Gasteiger partial charge in [-0.3, -0.25) is 4.79 Å². The maximum absolute atomic E-state index is 11.6. The molecule has 0 spiro atoms. The fourth-order valence-corrected chi connectivity index (χ4v) is 3.09. The third-order valence-electron chi connectivity index (χ3n) is 2.51. The summed E-state index contributed by atoms with van der Waals surface area (Å²) in [6, 6.07) is 10.2. The van der Waals surface area contributed by atoms with E-state index in [-0.39, 0.29) is 5.91 Å². The van der Waals surface area contributed by atoms with E-state index in [0.29, 0.717) is 24.1 Å². The number of nitrogens with one attached hydrogen (secondary N) is 1. The number of carbonyl (C=O) groups excluding carboxylic acids is 1. The normalized spacial score (nSPS) is 12.1. The van der Waals surface area contributed by atoms with Gasteiger partial charge in [0.15, 0.2) is 0 Å². The van der Waals surface area contributed by atoms with Crippen LogP contribution in [0, 0.1) is 0 Å². The molecule has 0 radical (unpaired) electrons. The van der Waals surface area contributed by atoms with Gasteiger partial charge in [-0.25, -0.2) is 0 Å². The minimum Gasteiger partial charge on any atom is -0.355 e. The van der Waals surface area contributed by atoms with Crippen molar-refractivity contribution >= 4 is 29.4 Å². The molecule has 3 nitrogen and oxygen atoms in total. The highest BCUT2D eigenvalue weighted by molar-refractivity contribution is 8.00. The lowest BCUT2D eigenvalue weighted by Gasteiger charge is -2.09. The molecule has 19 heavy (non-hydrogen) atoms. The molecule has 3 N–H and O–H groups in total. The van der Waals surface area contributed by atoms with Gasteiger partial charge in [-0.15, -0.1) is 23.5 Å². The van der Waals surface area contributed by atoms with Gasteiger partial charge in [0.1, 0.15) is 0 Å². The van der Waals surface area contributed by atoms with Crippen LogP contribution in [0.1, 0.15) is 13.3 Å². The smallest absolute Gasteiger partial charge is 0.230 e. The van der Waals surface area contributed by atoms with Crippen LogP contribution in [0.4, 0.5) is 0 Å². The van der Waals surface area contributed by atoms with E-state index in [0.717, 1.165) is 12.2 Å². The van der Waals surface area contributed by atoms with Crippen LogP contribution in [0.3, 0.4) is 0 Å². The lowest BCUT2D eigenvalue weighted by atomic mass is 10.3. The molecule has 0 aliphatic carbocycles. The first-order valence-corrected chi connectivity index (χ1v) is 8.52. The average Bonchev–Trinajstić information content (AvgIpc) is 2.43. The molecule has 1 rings (SSSR count). The van der Waals surface area contributed by atoms with Crippen LogP contribution < -0.4 is 11.1 Å². The van der Waals surface area contributed by atoms with Gasteiger partial charge in [0.05, 0.1) is 5.75 Å². The monoisotopic (exact) mass is 298 g/mol. The number of rotatable bonds is 9. The van der Waals surface area contributed by atoms with Crippen molar-refractivity contribution in [2.45, 2.75) is 23.5 Å². The average molecular weight is 298 g/mol. The van der Waals surface area contributed by atoms with Gasteiger partial charge >= 0.3 is 0 Å². The molecule has 0 saturated heterocycles. The topological polar surface area (TPSA) is 55.1 Å². The second kappa shape index (κ2) is 10.2. The zero-order valence-electron chi connectivity index (χ0n) is 11.3. The van der Waals surface area contributed by atoms with Crippen molar-refractivity contribution in [2.75, 3.05) is 24.6 Å². The second-order valence-electron chi connectivity index (χ2n) is 4.21. The van der Waals surface area contributed by atoms with Crippen LogP contribution in [0.25, 0.3) is 0 Å². The molecule has 0 bridgehead atoms. The Labute approximate surface area is 124 Å². The lowest BCUT2D eigenvalue weighted by Crippen LogP contribution is -2.28. The first-order valence-electron chi connectivity index (χ1n) is 6.48. The maximum atomic E-state index is 11.6. The van der Waals surface area contributed by atoms with Crippen molar-refractivity contribution in [3.05, 3.63) is 30.3 Å². The molecule has 0 fully saturated rings. The third kappa shape index (κ3) is 8.18. The van der Waals surface area contributed by atoms with E-state index in [1.165, 1.54) is 4.90 Å². The summed E-state index contributed by atoms with van der Waals surface area (Å²) < 4.78 is 0. The van der Waals surface area contributed by atoms with Gasteiger partial charge < -0.3 is 11.1 Å². The molecule has 0 saturated carbocycles. The predicted octanol–water partition coefficient (Wildman–Crippen LogP) is 2.37. The molecule has 5 heteroatoms. The summed E-state index contributed by atoms with van der Waals surface area (Å²) in [6.45, 7) is 3.50. The molecule has 0 aliphatic heterocycles. The van der Waals surface area contributed by atoms with Crippen LogP contribution in [0.15, 0.2) is 35.2 Å². The number of hydrogen-bond acceptors (Lipinski definition) is 4. The minimum atomic E-state index is 0.113. The molecule has 1 unspecified atom stereocenters. The first kappa shape index (κ1) is 16.4. The highest BCUT2D eigenvalue weighted by atomic mass is 32.2. The Bertz CT molecular complexity index is 360. The van der Waals surface area contributed by atoms with Crippen molar-refractivity contribution in [2.24, 2.45) is 5.73 Å². The Hall–Kier alpha value is -0.650. The van der Waals surface area contributed by atoms with Crippen LogP contribution >= 0.6 is 23.5 Å². The van der Waals surface area contributed by atoms with Gasteiger partial charge in [0.25, 0.3) is 0 Å². The van der Waals surface area contributed by atoms with Gasteiger partial charge in [0.2, 0.25) is 5.91 Å². The summed E-state index contributed by atoms with van der Waals surface area (Å²) in [5.74, 6) is 1.54. The molecule has 1 aromatic carbocycles. The van der Waals surface area contributed by atoms with E-state index >= 15 is 0 Å². The molecular weight excluding hydrogens is 276 g/mol. The summed E-state index contributed by atoms with van der Waals surface area (Å²) in [5.41, 5.74) is 5.47. The number of amides is 1. The molecule has 1 amide bonds. The molecule has 1 atom stereocenters. The quantitative estimate of drug-likeness (QED) is 0.543. The minimum absolute atomic E-state index is 0.113. The van der Waals surface area contributed by atoms with Gasteiger partial charge in [0, 0.05) is 22.4 Å². The fourth-order valence-electron chi connectivity index (χ4n) is 1.46. The third-order valence-corrected chi connectivity index (χ3v) is 4.76. The zero-order valence-corrected chi connectivity index (χ0v) is 12.9. The van der Waals surface area contributed by atoms with E-state index in [2.05, 4.69) is 24.4 Å². The predicted molar refractivity (Wildman–Crippen MR) is 85.8 cm³/mol. The summed E-state index contributed by atoms with van der Waals surface area (Å²) in [4.78, 5) is 12.8. The van der Waals surface area contributed by atoms with Gasteiger partial charge in [-0.1, -0.05) is 25.1 Å². The van der Waals surface area contributed by atoms with Crippen molar-refractivity contribution in [1.29, 1.82) is 0 Å². The first-order chi connectivity index (χ1) is 9.22. The van der Waals surface area contributed by atoms with Crippen LogP contribution in [0.2, 0.25) is 0 Å². The lowest BCUT2D eigenvalue weighted by molar-refractivity contribution is -0.118. The van der Waals surface area contributed by atoms with Crippen molar-refractivity contribution in [3.8, 4) is 0 Å². The summed E-state index contributed by atoms with van der Waals surface area (Å²) in [7, 11) is 0. The highest BCUT2D eigenvalue weighted by Gasteiger charge is 2.05. The zero-order chi connectivity index (χ0) is 13.9. The Balaban J connectivity index is 2.04. The Kier molecular flexibility index (Phi) is 8.79. The largest absolute Gasteiger partial charge is 0.355 e. The standard InChI is InChI=1S/C14H22N2OS2/c1-12(7-8-15)19-11-14(17)16-9-10-18-13-5-3-2-4-6-13/h2-6,12H,7-11,15H2,1H3,(H,16,17). The number of hydrogen-bond donors (Lipinski definition) is 2. The SMILES string of the molecule is CC(CCN)SCC(=O)NCCSc1ccccc1. The molecule has 0 aliphatic rings. The van der Waals surface area contributed by atoms with Crippen LogP contribution in [0.5, 0.6) is 0 Å². The van der Waals surface area contributed by atoms with E-state index < -0.39 is 0 Å². The van der Waals surface area contributed by atoms with Crippen LogP contribution in [-0.2, 0) is 4.79 Å². The maximum Gasteiger partial charge on any atom is 0.230 e. The van der Waals surface area contributed by atoms with Gasteiger partial charge in [-0.2, -0.15) is 0 Å². The number of benzene rings is 1. The Morgan fingerprint density at radius 2 is 2.11 bits per heavy atom. The number of carbonyl (C=O) groups is 1. The van der Waals surface area contributed by atoms with Crippen molar-refractivity contribution in [3.63, 3.8) is 0 Å². The molecule has 0 aromatic heterocycles. The van der Waals surface area contributed by atoms with Gasteiger partial charge in [-0.05, 0) is 25.1 Å². The van der Waals surface area contributed by atoms with Crippen LogP contribution in [-0.4, -0.2) is 35.8 Å². The van der Waals surface area contributed by atoms with E-state index in [4.69, 9.17) is 5.73 Å². The Morgan fingerprint density at radius 3 is 2.79 bits per heavy atom. The van der Waals surface area contributed by atoms with Crippen molar-refractivity contribution in [1.82, 2.24) is 5.32 Å².